The van der Waals surface area contributed by atoms with Crippen molar-refractivity contribution in [3.8, 4) is 0 Å². The van der Waals surface area contributed by atoms with Gasteiger partial charge in [-0.3, -0.25) is 9.36 Å². The normalized spacial score (nSPS) is 11.7. The number of aryl methyl sites for hydroxylation is 1. The Balaban J connectivity index is 2.43. The molecule has 1 aromatic heterocycles. The van der Waals surface area contributed by atoms with Crippen LogP contribution in [0.3, 0.4) is 0 Å². The monoisotopic (exact) mass is 270 g/mol. The van der Waals surface area contributed by atoms with Crippen LogP contribution in [0.5, 0.6) is 0 Å². The van der Waals surface area contributed by atoms with Crippen molar-refractivity contribution in [1.29, 1.82) is 0 Å². The van der Waals surface area contributed by atoms with E-state index >= 15 is 0 Å². The standard InChI is InChI=1S/C17H22N2O/c1-12-6-8-13(9-7-12)10-15-18-14(17(2,3)4)11-16(20)19(15)5/h6-9,11H,10H2,1-5H3. The average molecular weight is 270 g/mol. The minimum atomic E-state index is -0.116. The molecule has 2 rings (SSSR count). The van der Waals surface area contributed by atoms with Crippen LogP contribution in [-0.4, -0.2) is 9.55 Å². The SMILES string of the molecule is Cc1ccc(Cc2nc(C(C)(C)C)cc(=O)n2C)cc1. The van der Waals surface area contributed by atoms with Crippen molar-refractivity contribution in [2.75, 3.05) is 0 Å². The Hall–Kier alpha value is -1.90. The molecule has 0 amide bonds. The third-order valence-corrected chi connectivity index (χ3v) is 3.48. The van der Waals surface area contributed by atoms with Gasteiger partial charge in [-0.15, -0.1) is 0 Å². The molecule has 0 N–H and O–H groups in total. The lowest BCUT2D eigenvalue weighted by Gasteiger charge is -2.19. The molecule has 0 fully saturated rings. The van der Waals surface area contributed by atoms with E-state index in [9.17, 15) is 4.79 Å². The highest BCUT2D eigenvalue weighted by atomic mass is 16.1. The summed E-state index contributed by atoms with van der Waals surface area (Å²) in [6.45, 7) is 8.29. The van der Waals surface area contributed by atoms with Gasteiger partial charge in [0.15, 0.2) is 0 Å². The summed E-state index contributed by atoms with van der Waals surface area (Å²) in [5, 5.41) is 0. The van der Waals surface area contributed by atoms with E-state index in [1.807, 2.05) is 0 Å². The van der Waals surface area contributed by atoms with Crippen molar-refractivity contribution in [3.63, 3.8) is 0 Å². The first-order chi connectivity index (χ1) is 9.27. The second-order valence-corrected chi connectivity index (χ2v) is 6.37. The fraction of sp³-hybridized carbons (Fsp3) is 0.412. The van der Waals surface area contributed by atoms with Crippen molar-refractivity contribution >= 4 is 0 Å². The van der Waals surface area contributed by atoms with Crippen LogP contribution >= 0.6 is 0 Å². The first-order valence-electron chi connectivity index (χ1n) is 6.90. The first kappa shape index (κ1) is 14.5. The molecule has 0 saturated carbocycles. The Bertz CT molecular complexity index is 661. The maximum Gasteiger partial charge on any atom is 0.253 e. The first-order valence-corrected chi connectivity index (χ1v) is 6.90. The number of hydrogen-bond donors (Lipinski definition) is 0. The molecule has 0 spiro atoms. The molecular weight excluding hydrogens is 248 g/mol. The number of benzene rings is 1. The highest BCUT2D eigenvalue weighted by molar-refractivity contribution is 5.25. The van der Waals surface area contributed by atoms with E-state index in [0.29, 0.717) is 6.42 Å². The molecule has 3 nitrogen and oxygen atoms in total. The number of hydrogen-bond acceptors (Lipinski definition) is 2. The lowest BCUT2D eigenvalue weighted by Crippen LogP contribution is -2.27. The van der Waals surface area contributed by atoms with Gasteiger partial charge in [-0.25, -0.2) is 4.98 Å². The molecule has 0 unspecified atom stereocenters. The van der Waals surface area contributed by atoms with Gasteiger partial charge in [-0.05, 0) is 12.5 Å². The zero-order valence-electron chi connectivity index (χ0n) is 12.9. The fourth-order valence-corrected chi connectivity index (χ4v) is 2.02. The summed E-state index contributed by atoms with van der Waals surface area (Å²) in [4.78, 5) is 16.8. The number of aromatic nitrogens is 2. The molecule has 20 heavy (non-hydrogen) atoms. The highest BCUT2D eigenvalue weighted by Gasteiger charge is 2.18. The molecule has 3 heteroatoms. The fourth-order valence-electron chi connectivity index (χ4n) is 2.02. The molecule has 1 aromatic carbocycles. The molecular formula is C17H22N2O. The molecule has 0 aliphatic rings. The van der Waals surface area contributed by atoms with Crippen LogP contribution in [0, 0.1) is 6.92 Å². The molecule has 0 aliphatic carbocycles. The van der Waals surface area contributed by atoms with Crippen LogP contribution in [0.15, 0.2) is 35.1 Å². The van der Waals surface area contributed by atoms with Crippen LogP contribution in [0.4, 0.5) is 0 Å². The van der Waals surface area contributed by atoms with Crippen molar-refractivity contribution < 1.29 is 0 Å². The van der Waals surface area contributed by atoms with Gasteiger partial charge < -0.3 is 0 Å². The molecule has 0 atom stereocenters. The van der Waals surface area contributed by atoms with Crippen molar-refractivity contribution in [2.45, 2.75) is 39.5 Å². The van der Waals surface area contributed by atoms with E-state index in [1.54, 1.807) is 17.7 Å². The van der Waals surface area contributed by atoms with Gasteiger partial charge >= 0.3 is 0 Å². The Morgan fingerprint density at radius 1 is 1.15 bits per heavy atom. The Labute approximate surface area is 120 Å². The molecule has 0 radical (unpaired) electrons. The molecule has 1 heterocycles. The quantitative estimate of drug-likeness (QED) is 0.841. The second kappa shape index (κ2) is 5.23. The molecule has 0 aliphatic heterocycles. The van der Waals surface area contributed by atoms with Crippen LogP contribution in [-0.2, 0) is 18.9 Å². The second-order valence-electron chi connectivity index (χ2n) is 6.37. The molecule has 106 valence electrons. The smallest absolute Gasteiger partial charge is 0.253 e. The summed E-state index contributed by atoms with van der Waals surface area (Å²) in [6, 6.07) is 9.98. The largest absolute Gasteiger partial charge is 0.300 e. The van der Waals surface area contributed by atoms with Gasteiger partial charge in [0.05, 0.1) is 5.69 Å². The van der Waals surface area contributed by atoms with Crippen LogP contribution in [0.2, 0.25) is 0 Å². The Morgan fingerprint density at radius 3 is 2.30 bits per heavy atom. The van der Waals surface area contributed by atoms with Crippen LogP contribution < -0.4 is 5.56 Å². The zero-order valence-corrected chi connectivity index (χ0v) is 12.9. The predicted octanol–water partition coefficient (Wildman–Crippen LogP) is 2.98. The molecule has 0 saturated heterocycles. The lowest BCUT2D eigenvalue weighted by molar-refractivity contribution is 0.552. The van der Waals surface area contributed by atoms with Gasteiger partial charge in [0.1, 0.15) is 5.82 Å². The van der Waals surface area contributed by atoms with Crippen LogP contribution in [0.1, 0.15) is 43.4 Å². The molecule has 0 bridgehead atoms. The summed E-state index contributed by atoms with van der Waals surface area (Å²) in [6.07, 6.45) is 0.677. The summed E-state index contributed by atoms with van der Waals surface area (Å²) in [5.41, 5.74) is 3.15. The van der Waals surface area contributed by atoms with Crippen molar-refractivity contribution in [1.82, 2.24) is 9.55 Å². The van der Waals surface area contributed by atoms with E-state index in [0.717, 1.165) is 11.5 Å². The summed E-state index contributed by atoms with van der Waals surface area (Å²) in [7, 11) is 1.78. The predicted molar refractivity (Wildman–Crippen MR) is 82.2 cm³/mol. The maximum atomic E-state index is 12.1. The minimum absolute atomic E-state index is 0.00652. The van der Waals surface area contributed by atoms with Gasteiger partial charge in [-0.1, -0.05) is 50.6 Å². The van der Waals surface area contributed by atoms with Crippen LogP contribution in [0.25, 0.3) is 0 Å². The summed E-state index contributed by atoms with van der Waals surface area (Å²) in [5.74, 6) is 0.811. The van der Waals surface area contributed by atoms with Gasteiger partial charge in [-0.2, -0.15) is 0 Å². The van der Waals surface area contributed by atoms with E-state index < -0.39 is 0 Å². The number of rotatable bonds is 2. The van der Waals surface area contributed by atoms with E-state index in [1.165, 1.54) is 11.1 Å². The third-order valence-electron chi connectivity index (χ3n) is 3.48. The van der Waals surface area contributed by atoms with E-state index in [-0.39, 0.29) is 11.0 Å². The Kier molecular flexibility index (Phi) is 3.80. The average Bonchev–Trinajstić information content (AvgIpc) is 2.36. The van der Waals surface area contributed by atoms with E-state index in [4.69, 9.17) is 0 Å². The lowest BCUT2D eigenvalue weighted by atomic mass is 9.92. The highest BCUT2D eigenvalue weighted by Crippen LogP contribution is 2.19. The maximum absolute atomic E-state index is 12.1. The Morgan fingerprint density at radius 2 is 1.75 bits per heavy atom. The topological polar surface area (TPSA) is 34.9 Å². The summed E-state index contributed by atoms with van der Waals surface area (Å²) >= 11 is 0. The van der Waals surface area contributed by atoms with Gasteiger partial charge in [0.2, 0.25) is 0 Å². The van der Waals surface area contributed by atoms with Crippen molar-refractivity contribution in [2.24, 2.45) is 7.05 Å². The van der Waals surface area contributed by atoms with E-state index in [2.05, 4.69) is 56.9 Å². The summed E-state index contributed by atoms with van der Waals surface area (Å²) < 4.78 is 1.63. The minimum Gasteiger partial charge on any atom is -0.300 e. The van der Waals surface area contributed by atoms with Gasteiger partial charge in [0, 0.05) is 24.9 Å². The van der Waals surface area contributed by atoms with Crippen molar-refractivity contribution in [3.05, 3.63) is 63.3 Å². The molecule has 2 aromatic rings. The zero-order chi connectivity index (χ0) is 14.9. The third kappa shape index (κ3) is 3.16. The number of nitrogens with zero attached hydrogens (tertiary/aromatic N) is 2. The van der Waals surface area contributed by atoms with Gasteiger partial charge in [0.25, 0.3) is 5.56 Å².